The molecule has 1 aliphatic heterocycles. The molecular weight excluding hydrogens is 298 g/mol. The number of carboxylic acid groups (broad SMARTS) is 1. The third-order valence-electron chi connectivity index (χ3n) is 3.40. The van der Waals surface area contributed by atoms with Gasteiger partial charge in [0.2, 0.25) is 5.76 Å². The van der Waals surface area contributed by atoms with Gasteiger partial charge in [-0.05, 0) is 25.0 Å². The highest BCUT2D eigenvalue weighted by atomic mass is 32.2. The molecule has 1 aromatic heterocycles. The molecule has 21 heavy (non-hydrogen) atoms. The Balaban J connectivity index is 2.21. The highest BCUT2D eigenvalue weighted by molar-refractivity contribution is 7.91. The number of sulfone groups is 1. The Hall–Kier alpha value is -1.83. The molecule has 1 aromatic rings. The first-order valence-electron chi connectivity index (χ1n) is 6.68. The maximum atomic E-state index is 12.4. The van der Waals surface area contributed by atoms with Crippen LogP contribution in [0.2, 0.25) is 0 Å². The average molecular weight is 315 g/mol. The van der Waals surface area contributed by atoms with Gasteiger partial charge >= 0.3 is 5.97 Å². The molecule has 1 aliphatic rings. The average Bonchev–Trinajstić information content (AvgIpc) is 3.01. The second kappa shape index (κ2) is 5.88. The molecule has 1 atom stereocenters. The van der Waals surface area contributed by atoms with E-state index in [4.69, 9.17) is 9.52 Å². The van der Waals surface area contributed by atoms with Crippen LogP contribution >= 0.6 is 0 Å². The molecule has 0 radical (unpaired) electrons. The van der Waals surface area contributed by atoms with Crippen LogP contribution in [-0.2, 0) is 9.84 Å². The number of hydrogen-bond acceptors (Lipinski definition) is 5. The van der Waals surface area contributed by atoms with Crippen molar-refractivity contribution in [2.75, 3.05) is 18.1 Å². The first-order valence-corrected chi connectivity index (χ1v) is 8.50. The van der Waals surface area contributed by atoms with Gasteiger partial charge in [-0.15, -0.1) is 0 Å². The zero-order chi connectivity index (χ0) is 15.6. The standard InChI is InChI=1S/C13H17NO6S/c1-2-6-14(9-5-7-21(18,19)8-9)12(15)10-3-4-11(20-10)13(16)17/h3-4,9H,2,5-8H2,1H3,(H,16,17). The van der Waals surface area contributed by atoms with E-state index in [-0.39, 0.29) is 29.1 Å². The summed E-state index contributed by atoms with van der Waals surface area (Å²) in [6.45, 7) is 2.29. The SMILES string of the molecule is CCCN(C(=O)c1ccc(C(=O)O)o1)C1CCS(=O)(=O)C1. The number of rotatable bonds is 5. The summed E-state index contributed by atoms with van der Waals surface area (Å²) in [6, 6.07) is 2.14. The van der Waals surface area contributed by atoms with Crippen molar-refractivity contribution < 1.29 is 27.5 Å². The molecule has 1 amide bonds. The third-order valence-corrected chi connectivity index (χ3v) is 5.15. The van der Waals surface area contributed by atoms with E-state index in [1.54, 1.807) is 0 Å². The minimum Gasteiger partial charge on any atom is -0.475 e. The van der Waals surface area contributed by atoms with Gasteiger partial charge in [0.1, 0.15) is 0 Å². The molecule has 1 saturated heterocycles. The van der Waals surface area contributed by atoms with Gasteiger partial charge in [0, 0.05) is 12.6 Å². The molecule has 116 valence electrons. The van der Waals surface area contributed by atoms with Crippen molar-refractivity contribution in [3.63, 3.8) is 0 Å². The summed E-state index contributed by atoms with van der Waals surface area (Å²) in [6.07, 6.45) is 1.08. The zero-order valence-corrected chi connectivity index (χ0v) is 12.4. The molecule has 8 heteroatoms. The monoisotopic (exact) mass is 315 g/mol. The molecular formula is C13H17NO6S. The molecule has 2 rings (SSSR count). The van der Waals surface area contributed by atoms with Crippen LogP contribution in [-0.4, -0.2) is 54.4 Å². The van der Waals surface area contributed by atoms with Crippen LogP contribution in [0.1, 0.15) is 40.9 Å². The second-order valence-electron chi connectivity index (χ2n) is 5.02. The van der Waals surface area contributed by atoms with Gasteiger partial charge in [-0.2, -0.15) is 0 Å². The summed E-state index contributed by atoms with van der Waals surface area (Å²) in [4.78, 5) is 24.7. The van der Waals surface area contributed by atoms with Gasteiger partial charge in [0.25, 0.3) is 5.91 Å². The highest BCUT2D eigenvalue weighted by Gasteiger charge is 2.35. The molecule has 0 saturated carbocycles. The van der Waals surface area contributed by atoms with E-state index in [1.165, 1.54) is 17.0 Å². The van der Waals surface area contributed by atoms with E-state index >= 15 is 0 Å². The maximum Gasteiger partial charge on any atom is 0.371 e. The molecule has 7 nitrogen and oxygen atoms in total. The van der Waals surface area contributed by atoms with Crippen LogP contribution in [0.4, 0.5) is 0 Å². The quantitative estimate of drug-likeness (QED) is 0.869. The number of carboxylic acids is 1. The summed E-state index contributed by atoms with van der Waals surface area (Å²) in [7, 11) is -3.10. The Bertz CT molecular complexity index is 647. The molecule has 2 heterocycles. The van der Waals surface area contributed by atoms with Crippen molar-refractivity contribution in [3.8, 4) is 0 Å². The van der Waals surface area contributed by atoms with Crippen LogP contribution in [0, 0.1) is 0 Å². The Morgan fingerprint density at radius 1 is 1.38 bits per heavy atom. The fourth-order valence-corrected chi connectivity index (χ4v) is 4.15. The van der Waals surface area contributed by atoms with Crippen molar-refractivity contribution in [2.24, 2.45) is 0 Å². The normalized spacial score (nSPS) is 20.3. The van der Waals surface area contributed by atoms with Crippen molar-refractivity contribution in [2.45, 2.75) is 25.8 Å². The van der Waals surface area contributed by atoms with Crippen molar-refractivity contribution in [1.29, 1.82) is 0 Å². The summed E-state index contributed by atoms with van der Waals surface area (Å²) in [5, 5.41) is 8.80. The topological polar surface area (TPSA) is 105 Å². The van der Waals surface area contributed by atoms with E-state index in [0.29, 0.717) is 19.4 Å². The summed E-state index contributed by atoms with van der Waals surface area (Å²) in [5.41, 5.74) is 0. The lowest BCUT2D eigenvalue weighted by molar-refractivity contribution is 0.0632. The molecule has 1 unspecified atom stereocenters. The minimum absolute atomic E-state index is 0.0504. The van der Waals surface area contributed by atoms with Gasteiger partial charge in [-0.25, -0.2) is 13.2 Å². The number of amides is 1. The van der Waals surface area contributed by atoms with Crippen LogP contribution in [0.25, 0.3) is 0 Å². The highest BCUT2D eigenvalue weighted by Crippen LogP contribution is 2.21. The van der Waals surface area contributed by atoms with E-state index in [0.717, 1.165) is 0 Å². The smallest absolute Gasteiger partial charge is 0.371 e. The number of carbonyl (C=O) groups is 2. The summed E-state index contributed by atoms with van der Waals surface area (Å²) >= 11 is 0. The predicted molar refractivity (Wildman–Crippen MR) is 74.1 cm³/mol. The van der Waals surface area contributed by atoms with Gasteiger partial charge in [0.05, 0.1) is 11.5 Å². The molecule has 0 aliphatic carbocycles. The zero-order valence-electron chi connectivity index (χ0n) is 11.6. The Kier molecular flexibility index (Phi) is 4.36. The van der Waals surface area contributed by atoms with Crippen LogP contribution in [0.15, 0.2) is 16.5 Å². The number of aromatic carboxylic acids is 1. The van der Waals surface area contributed by atoms with Gasteiger partial charge in [0.15, 0.2) is 15.6 Å². The van der Waals surface area contributed by atoms with E-state index < -0.39 is 21.7 Å². The molecule has 0 bridgehead atoms. The Morgan fingerprint density at radius 3 is 2.52 bits per heavy atom. The number of furan rings is 1. The molecule has 0 spiro atoms. The lowest BCUT2D eigenvalue weighted by Gasteiger charge is -2.26. The van der Waals surface area contributed by atoms with Crippen molar-refractivity contribution in [1.82, 2.24) is 4.90 Å². The predicted octanol–water partition coefficient (Wildman–Crippen LogP) is 1.02. The van der Waals surface area contributed by atoms with Gasteiger partial charge < -0.3 is 14.4 Å². The van der Waals surface area contributed by atoms with E-state index in [9.17, 15) is 18.0 Å². The summed E-state index contributed by atoms with van der Waals surface area (Å²) in [5.74, 6) is -2.08. The Morgan fingerprint density at radius 2 is 2.05 bits per heavy atom. The molecule has 1 fully saturated rings. The molecule has 1 N–H and O–H groups in total. The van der Waals surface area contributed by atoms with Gasteiger partial charge in [-0.3, -0.25) is 4.79 Å². The van der Waals surface area contributed by atoms with Crippen molar-refractivity contribution in [3.05, 3.63) is 23.7 Å². The maximum absolute atomic E-state index is 12.4. The fraction of sp³-hybridized carbons (Fsp3) is 0.538. The Labute approximate surface area is 122 Å². The fourth-order valence-electron chi connectivity index (χ4n) is 2.42. The molecule has 0 aromatic carbocycles. The van der Waals surface area contributed by atoms with Gasteiger partial charge in [-0.1, -0.05) is 6.92 Å². The first-order chi connectivity index (χ1) is 9.84. The van der Waals surface area contributed by atoms with E-state index in [1.807, 2.05) is 6.92 Å². The number of hydrogen-bond donors (Lipinski definition) is 1. The van der Waals surface area contributed by atoms with Crippen LogP contribution in [0.3, 0.4) is 0 Å². The lowest BCUT2D eigenvalue weighted by Crippen LogP contribution is -2.41. The number of nitrogens with zero attached hydrogens (tertiary/aromatic N) is 1. The van der Waals surface area contributed by atoms with Crippen LogP contribution in [0.5, 0.6) is 0 Å². The summed E-state index contributed by atoms with van der Waals surface area (Å²) < 4.78 is 28.1. The largest absolute Gasteiger partial charge is 0.475 e. The first kappa shape index (κ1) is 15.6. The van der Waals surface area contributed by atoms with E-state index in [2.05, 4.69) is 0 Å². The van der Waals surface area contributed by atoms with Crippen molar-refractivity contribution >= 4 is 21.7 Å². The minimum atomic E-state index is -3.10. The van der Waals surface area contributed by atoms with Crippen LogP contribution < -0.4 is 0 Å². The number of carbonyl (C=O) groups excluding carboxylic acids is 1. The lowest BCUT2D eigenvalue weighted by atomic mass is 10.2. The third kappa shape index (κ3) is 3.44. The second-order valence-corrected chi connectivity index (χ2v) is 7.25.